The van der Waals surface area contributed by atoms with Crippen molar-refractivity contribution in [3.05, 3.63) is 0 Å². The van der Waals surface area contributed by atoms with Crippen molar-refractivity contribution >= 4 is 11.9 Å². The average molecular weight is 269 g/mol. The van der Waals surface area contributed by atoms with Crippen LogP contribution in [0.25, 0.3) is 0 Å². The first kappa shape index (κ1) is 14.3. The summed E-state index contributed by atoms with van der Waals surface area (Å²) < 4.78 is 0. The highest BCUT2D eigenvalue weighted by molar-refractivity contribution is 5.76. The predicted octanol–water partition coefficient (Wildman–Crippen LogP) is 2.11. The lowest BCUT2D eigenvalue weighted by Gasteiger charge is -2.38. The number of carbonyl (C=O) groups excluding carboxylic acids is 1. The molecule has 0 radical (unpaired) electrons. The molecule has 5 heteroatoms. The first-order chi connectivity index (χ1) is 8.77. The van der Waals surface area contributed by atoms with Gasteiger partial charge in [0, 0.05) is 6.04 Å². The maximum Gasteiger partial charge on any atom is 0.325 e. The average Bonchev–Trinajstić information content (AvgIpc) is 2.66. The van der Waals surface area contributed by atoms with Gasteiger partial charge in [0.2, 0.25) is 0 Å². The first-order valence-electron chi connectivity index (χ1n) is 6.94. The van der Waals surface area contributed by atoms with Gasteiger partial charge in [-0.1, -0.05) is 20.8 Å². The molecule has 0 spiro atoms. The molecular formula is C14H23NO4. The van der Waals surface area contributed by atoms with Gasteiger partial charge in [-0.3, -0.25) is 9.59 Å². The fraction of sp³-hybridized carbons (Fsp3) is 0.857. The molecule has 2 aliphatic carbocycles. The second-order valence-electron chi connectivity index (χ2n) is 6.65. The zero-order chi connectivity index (χ0) is 14.3. The van der Waals surface area contributed by atoms with Crippen LogP contribution in [-0.4, -0.2) is 23.1 Å². The lowest BCUT2D eigenvalue weighted by molar-refractivity contribution is -0.157. The third kappa shape index (κ3) is 2.36. The topological polar surface area (TPSA) is 75.6 Å². The van der Waals surface area contributed by atoms with Gasteiger partial charge in [0.25, 0.3) is 0 Å². The molecule has 5 nitrogen and oxygen atoms in total. The van der Waals surface area contributed by atoms with Crippen LogP contribution in [0.15, 0.2) is 0 Å². The largest absolute Gasteiger partial charge is 0.481 e. The van der Waals surface area contributed by atoms with Crippen LogP contribution >= 0.6 is 0 Å². The van der Waals surface area contributed by atoms with Crippen LogP contribution in [0.4, 0.5) is 0 Å². The van der Waals surface area contributed by atoms with Crippen LogP contribution in [-0.2, 0) is 14.4 Å². The van der Waals surface area contributed by atoms with Crippen molar-refractivity contribution < 1.29 is 19.5 Å². The summed E-state index contributed by atoms with van der Waals surface area (Å²) in [6.45, 7) is 6.83. The summed E-state index contributed by atoms with van der Waals surface area (Å²) in [6.07, 6.45) is 3.15. The van der Waals surface area contributed by atoms with E-state index in [1.165, 1.54) is 6.42 Å². The van der Waals surface area contributed by atoms with Crippen LogP contribution in [0.1, 0.15) is 52.9 Å². The number of aliphatic carboxylic acids is 1. The Labute approximate surface area is 113 Å². The molecule has 3 unspecified atom stereocenters. The molecule has 2 fully saturated rings. The first-order valence-corrected chi connectivity index (χ1v) is 6.94. The van der Waals surface area contributed by atoms with Crippen molar-refractivity contribution in [2.45, 2.75) is 58.9 Å². The van der Waals surface area contributed by atoms with Gasteiger partial charge in [-0.05, 0) is 36.0 Å². The fourth-order valence-electron chi connectivity index (χ4n) is 3.78. The zero-order valence-electron chi connectivity index (χ0n) is 11.9. The molecule has 19 heavy (non-hydrogen) atoms. The lowest BCUT2D eigenvalue weighted by Crippen LogP contribution is -2.45. The van der Waals surface area contributed by atoms with Crippen molar-refractivity contribution in [1.29, 1.82) is 0 Å². The van der Waals surface area contributed by atoms with Crippen molar-refractivity contribution in [1.82, 2.24) is 5.48 Å². The minimum absolute atomic E-state index is 0.0847. The Bertz CT molecular complexity index is 393. The third-order valence-electron chi connectivity index (χ3n) is 5.65. The molecular weight excluding hydrogens is 246 g/mol. The second-order valence-corrected chi connectivity index (χ2v) is 6.65. The molecule has 2 N–H and O–H groups in total. The maximum absolute atomic E-state index is 11.4. The van der Waals surface area contributed by atoms with Gasteiger partial charge in [0.1, 0.15) is 0 Å². The van der Waals surface area contributed by atoms with Crippen LogP contribution in [0.2, 0.25) is 0 Å². The van der Waals surface area contributed by atoms with Gasteiger partial charge in [-0.15, -0.1) is 5.48 Å². The number of nitrogens with one attached hydrogen (secondary N) is 1. The number of carboxylic acids is 1. The molecule has 0 aromatic heterocycles. The quantitative estimate of drug-likeness (QED) is 0.748. The summed E-state index contributed by atoms with van der Waals surface area (Å²) in [5.41, 5.74) is 3.30. The SMILES string of the molecule is CC1(C)C2CCC1(C)C(NOC(=O)CCC(=O)O)C2. The predicted molar refractivity (Wildman–Crippen MR) is 69.1 cm³/mol. The van der Waals surface area contributed by atoms with Crippen LogP contribution in [0, 0.1) is 16.7 Å². The Kier molecular flexibility index (Phi) is 3.60. The van der Waals surface area contributed by atoms with Crippen molar-refractivity contribution in [3.63, 3.8) is 0 Å². The molecule has 3 atom stereocenters. The smallest absolute Gasteiger partial charge is 0.325 e. The van der Waals surface area contributed by atoms with E-state index in [2.05, 4.69) is 26.3 Å². The minimum atomic E-state index is -0.982. The highest BCUT2D eigenvalue weighted by atomic mass is 16.7. The summed E-state index contributed by atoms with van der Waals surface area (Å²) in [4.78, 5) is 26.8. The van der Waals surface area contributed by atoms with Gasteiger partial charge in [-0.25, -0.2) is 0 Å². The van der Waals surface area contributed by atoms with Gasteiger partial charge in [0.05, 0.1) is 12.8 Å². The number of carbonyl (C=O) groups is 2. The van der Waals surface area contributed by atoms with E-state index < -0.39 is 11.9 Å². The summed E-state index contributed by atoms with van der Waals surface area (Å²) in [6, 6.07) is 0.176. The molecule has 0 aliphatic heterocycles. The molecule has 0 heterocycles. The molecule has 0 saturated heterocycles. The Morgan fingerprint density at radius 1 is 1.32 bits per heavy atom. The summed E-state index contributed by atoms with van der Waals surface area (Å²) in [5.74, 6) is -0.802. The van der Waals surface area contributed by atoms with Crippen molar-refractivity contribution in [2.24, 2.45) is 16.7 Å². The maximum atomic E-state index is 11.4. The lowest BCUT2D eigenvalue weighted by atomic mass is 9.69. The summed E-state index contributed by atoms with van der Waals surface area (Å²) >= 11 is 0. The molecule has 0 aromatic carbocycles. The number of hydrogen-bond acceptors (Lipinski definition) is 4. The number of carboxylic acid groups (broad SMARTS) is 1. The Morgan fingerprint density at radius 3 is 2.47 bits per heavy atom. The highest BCUT2D eigenvalue weighted by Gasteiger charge is 2.61. The molecule has 2 bridgehead atoms. The van der Waals surface area contributed by atoms with E-state index in [4.69, 9.17) is 9.94 Å². The number of fused-ring (bicyclic) bond motifs is 2. The van der Waals surface area contributed by atoms with Gasteiger partial charge < -0.3 is 9.94 Å². The summed E-state index contributed by atoms with van der Waals surface area (Å²) in [5, 5.41) is 8.51. The van der Waals surface area contributed by atoms with E-state index in [1.54, 1.807) is 0 Å². The Balaban J connectivity index is 1.85. The molecule has 0 aromatic rings. The van der Waals surface area contributed by atoms with E-state index in [-0.39, 0.29) is 29.7 Å². The molecule has 2 rings (SSSR count). The van der Waals surface area contributed by atoms with Crippen LogP contribution in [0.3, 0.4) is 0 Å². The van der Waals surface area contributed by atoms with E-state index in [0.717, 1.165) is 12.8 Å². The monoisotopic (exact) mass is 269 g/mol. The van der Waals surface area contributed by atoms with Crippen molar-refractivity contribution in [3.8, 4) is 0 Å². The molecule has 2 aliphatic rings. The van der Waals surface area contributed by atoms with Gasteiger partial charge >= 0.3 is 11.9 Å². The fourth-order valence-corrected chi connectivity index (χ4v) is 3.78. The Morgan fingerprint density at radius 2 is 2.00 bits per heavy atom. The van der Waals surface area contributed by atoms with E-state index >= 15 is 0 Å². The van der Waals surface area contributed by atoms with Gasteiger partial charge in [0.15, 0.2) is 0 Å². The number of rotatable bonds is 5. The number of hydroxylamine groups is 1. The van der Waals surface area contributed by atoms with Crippen LogP contribution < -0.4 is 5.48 Å². The van der Waals surface area contributed by atoms with E-state index in [0.29, 0.717) is 5.92 Å². The van der Waals surface area contributed by atoms with Gasteiger partial charge in [-0.2, -0.15) is 0 Å². The number of hydrogen-bond donors (Lipinski definition) is 2. The third-order valence-corrected chi connectivity index (χ3v) is 5.65. The minimum Gasteiger partial charge on any atom is -0.481 e. The molecule has 108 valence electrons. The second kappa shape index (κ2) is 4.78. The zero-order valence-corrected chi connectivity index (χ0v) is 11.9. The Hall–Kier alpha value is -1.10. The standard InChI is InChI=1S/C14H23NO4/c1-13(2)9-6-7-14(13,3)10(8-9)15-19-12(18)5-4-11(16)17/h9-10,15H,4-8H2,1-3H3,(H,16,17). The van der Waals surface area contributed by atoms with E-state index in [9.17, 15) is 9.59 Å². The van der Waals surface area contributed by atoms with E-state index in [1.807, 2.05) is 0 Å². The molecule has 0 amide bonds. The normalized spacial score (nSPS) is 35.3. The highest BCUT2D eigenvalue weighted by Crippen LogP contribution is 2.65. The van der Waals surface area contributed by atoms with Crippen LogP contribution in [0.5, 0.6) is 0 Å². The summed E-state index contributed by atoms with van der Waals surface area (Å²) in [7, 11) is 0. The molecule has 2 saturated carbocycles. The van der Waals surface area contributed by atoms with Crippen molar-refractivity contribution in [2.75, 3.05) is 0 Å².